The molecule has 106 valence electrons. The van der Waals surface area contributed by atoms with Crippen LogP contribution in [0.2, 0.25) is 0 Å². The lowest BCUT2D eigenvalue weighted by Gasteiger charge is -2.22. The maximum atomic E-state index is 13.8. The monoisotopic (exact) mass is 286 g/mol. The number of halogens is 1. The Morgan fingerprint density at radius 2 is 2.16 bits per heavy atom. The minimum absolute atomic E-state index is 0.0333. The number of rotatable bonds is 3. The Morgan fingerprint density at radius 1 is 1.47 bits per heavy atom. The molecule has 0 saturated carbocycles. The zero-order chi connectivity index (χ0) is 14.2. The van der Waals surface area contributed by atoms with Gasteiger partial charge >= 0.3 is 0 Å². The number of sulfonamides is 1. The lowest BCUT2D eigenvalue weighted by atomic mass is 10.1. The summed E-state index contributed by atoms with van der Waals surface area (Å²) in [4.78, 5) is 0.0432. The molecule has 1 saturated heterocycles. The average molecular weight is 286 g/mol. The summed E-state index contributed by atoms with van der Waals surface area (Å²) in [6, 6.07) is 2.74. The van der Waals surface area contributed by atoms with Gasteiger partial charge in [-0.25, -0.2) is 12.8 Å². The molecule has 1 heterocycles. The van der Waals surface area contributed by atoms with E-state index < -0.39 is 15.8 Å². The number of benzene rings is 1. The van der Waals surface area contributed by atoms with Gasteiger partial charge in [-0.1, -0.05) is 0 Å². The van der Waals surface area contributed by atoms with Crippen LogP contribution in [0.25, 0.3) is 0 Å². The third-order valence-electron chi connectivity index (χ3n) is 3.67. The fraction of sp³-hybridized carbons (Fsp3) is 0.538. The molecular weight excluding hydrogens is 267 g/mol. The highest BCUT2D eigenvalue weighted by Gasteiger charge is 2.34. The fourth-order valence-corrected chi connectivity index (χ4v) is 4.47. The van der Waals surface area contributed by atoms with Crippen molar-refractivity contribution in [1.82, 2.24) is 4.31 Å². The summed E-state index contributed by atoms with van der Waals surface area (Å²) in [5, 5.41) is 0. The van der Waals surface area contributed by atoms with Crippen LogP contribution in [0.3, 0.4) is 0 Å². The molecule has 1 aliphatic heterocycles. The van der Waals surface area contributed by atoms with E-state index in [-0.39, 0.29) is 23.0 Å². The van der Waals surface area contributed by atoms with Gasteiger partial charge in [0.2, 0.25) is 10.0 Å². The van der Waals surface area contributed by atoms with Crippen LogP contribution >= 0.6 is 0 Å². The quantitative estimate of drug-likeness (QED) is 0.921. The van der Waals surface area contributed by atoms with Gasteiger partial charge in [0.05, 0.1) is 4.90 Å². The molecule has 1 aromatic rings. The average Bonchev–Trinajstić information content (AvgIpc) is 2.79. The van der Waals surface area contributed by atoms with Crippen LogP contribution in [0, 0.1) is 12.7 Å². The molecule has 2 N–H and O–H groups in total. The smallest absolute Gasteiger partial charge is 0.243 e. The second-order valence-electron chi connectivity index (χ2n) is 5.01. The minimum Gasteiger partial charge on any atom is -0.326 e. The van der Waals surface area contributed by atoms with Gasteiger partial charge < -0.3 is 5.73 Å². The molecule has 0 amide bonds. The van der Waals surface area contributed by atoms with Crippen molar-refractivity contribution < 1.29 is 12.8 Å². The summed E-state index contributed by atoms with van der Waals surface area (Å²) in [5.74, 6) is -0.520. The van der Waals surface area contributed by atoms with Crippen LogP contribution in [-0.4, -0.2) is 25.3 Å². The Morgan fingerprint density at radius 3 is 2.68 bits per heavy atom. The van der Waals surface area contributed by atoms with E-state index in [9.17, 15) is 12.8 Å². The number of nitrogens with zero attached hydrogens (tertiary/aromatic N) is 1. The van der Waals surface area contributed by atoms with Crippen molar-refractivity contribution in [3.8, 4) is 0 Å². The van der Waals surface area contributed by atoms with Gasteiger partial charge in [-0.15, -0.1) is 0 Å². The lowest BCUT2D eigenvalue weighted by Crippen LogP contribution is -2.34. The van der Waals surface area contributed by atoms with Gasteiger partial charge in [-0.2, -0.15) is 4.31 Å². The predicted molar refractivity (Wildman–Crippen MR) is 71.6 cm³/mol. The highest BCUT2D eigenvalue weighted by molar-refractivity contribution is 7.89. The third-order valence-corrected chi connectivity index (χ3v) is 5.81. The summed E-state index contributed by atoms with van der Waals surface area (Å²) >= 11 is 0. The largest absolute Gasteiger partial charge is 0.326 e. The van der Waals surface area contributed by atoms with E-state index in [4.69, 9.17) is 5.73 Å². The van der Waals surface area contributed by atoms with E-state index in [1.54, 1.807) is 0 Å². The molecule has 0 radical (unpaired) electrons. The van der Waals surface area contributed by atoms with E-state index in [1.807, 2.05) is 6.92 Å². The summed E-state index contributed by atoms with van der Waals surface area (Å²) in [7, 11) is -3.64. The molecule has 6 heteroatoms. The first-order valence-corrected chi connectivity index (χ1v) is 7.83. The van der Waals surface area contributed by atoms with Crippen LogP contribution in [0.5, 0.6) is 0 Å². The van der Waals surface area contributed by atoms with Crippen molar-refractivity contribution >= 4 is 10.0 Å². The molecule has 2 rings (SSSR count). The fourth-order valence-electron chi connectivity index (χ4n) is 2.48. The van der Waals surface area contributed by atoms with Gasteiger partial charge in [-0.05, 0) is 44.4 Å². The molecule has 19 heavy (non-hydrogen) atoms. The zero-order valence-electron chi connectivity index (χ0n) is 11.2. The molecule has 0 aliphatic carbocycles. The molecule has 1 atom stereocenters. The van der Waals surface area contributed by atoms with Crippen molar-refractivity contribution in [3.05, 3.63) is 29.1 Å². The first-order valence-electron chi connectivity index (χ1n) is 6.39. The SMILES string of the molecule is Cc1c(F)cc(CN)cc1S(=O)(=O)N1CCCC1C. The molecule has 0 aromatic heterocycles. The van der Waals surface area contributed by atoms with Gasteiger partial charge in [0.25, 0.3) is 0 Å². The molecule has 1 fully saturated rings. The molecule has 0 spiro atoms. The first kappa shape index (κ1) is 14.4. The Labute approximate surface area is 113 Å². The zero-order valence-corrected chi connectivity index (χ0v) is 12.0. The topological polar surface area (TPSA) is 63.4 Å². The summed E-state index contributed by atoms with van der Waals surface area (Å²) < 4.78 is 40.5. The van der Waals surface area contributed by atoms with E-state index >= 15 is 0 Å². The standard InChI is InChI=1S/C13H19FN2O2S/c1-9-4-3-5-16(9)19(17,18)13-7-11(8-15)6-12(14)10(13)2/h6-7,9H,3-5,8,15H2,1-2H3. The van der Waals surface area contributed by atoms with E-state index in [2.05, 4.69) is 0 Å². The highest BCUT2D eigenvalue weighted by atomic mass is 32.2. The maximum absolute atomic E-state index is 13.8. The van der Waals surface area contributed by atoms with Crippen LogP contribution in [-0.2, 0) is 16.6 Å². The lowest BCUT2D eigenvalue weighted by molar-refractivity contribution is 0.407. The van der Waals surface area contributed by atoms with Gasteiger partial charge in [0, 0.05) is 24.7 Å². The van der Waals surface area contributed by atoms with Crippen molar-refractivity contribution in [2.75, 3.05) is 6.54 Å². The normalized spacial score (nSPS) is 20.9. The van der Waals surface area contributed by atoms with Crippen LogP contribution in [0.4, 0.5) is 4.39 Å². The van der Waals surface area contributed by atoms with Gasteiger partial charge in [-0.3, -0.25) is 0 Å². The Balaban J connectivity index is 2.54. The Bertz CT molecular complexity index is 587. The van der Waals surface area contributed by atoms with Gasteiger partial charge in [0.15, 0.2) is 0 Å². The van der Waals surface area contributed by atoms with Crippen molar-refractivity contribution in [2.24, 2.45) is 5.73 Å². The molecular formula is C13H19FN2O2S. The predicted octanol–water partition coefficient (Wildman–Crippen LogP) is 1.77. The van der Waals surface area contributed by atoms with Crippen LogP contribution in [0.1, 0.15) is 30.9 Å². The van der Waals surface area contributed by atoms with Crippen molar-refractivity contribution in [3.63, 3.8) is 0 Å². The number of hydrogen-bond acceptors (Lipinski definition) is 3. The van der Waals surface area contributed by atoms with Crippen molar-refractivity contribution in [1.29, 1.82) is 0 Å². The summed E-state index contributed by atoms with van der Waals surface area (Å²) in [6.45, 7) is 3.99. The van der Waals surface area contributed by atoms with Crippen LogP contribution in [0.15, 0.2) is 17.0 Å². The van der Waals surface area contributed by atoms with E-state index in [1.165, 1.54) is 23.4 Å². The van der Waals surface area contributed by atoms with Crippen molar-refractivity contribution in [2.45, 2.75) is 44.2 Å². The summed E-state index contributed by atoms with van der Waals surface area (Å²) in [6.07, 6.45) is 1.69. The third kappa shape index (κ3) is 2.52. The summed E-state index contributed by atoms with van der Waals surface area (Å²) in [5.41, 5.74) is 6.14. The van der Waals surface area contributed by atoms with Gasteiger partial charge in [0.1, 0.15) is 5.82 Å². The molecule has 1 aliphatic rings. The first-order chi connectivity index (χ1) is 8.87. The number of nitrogens with two attached hydrogens (primary N) is 1. The molecule has 0 bridgehead atoms. The van der Waals surface area contributed by atoms with E-state index in [0.717, 1.165) is 12.8 Å². The maximum Gasteiger partial charge on any atom is 0.243 e. The molecule has 4 nitrogen and oxygen atoms in total. The molecule has 1 unspecified atom stereocenters. The Kier molecular flexibility index (Phi) is 3.94. The second kappa shape index (κ2) is 5.19. The highest BCUT2D eigenvalue weighted by Crippen LogP contribution is 2.29. The van der Waals surface area contributed by atoms with Crippen LogP contribution < -0.4 is 5.73 Å². The number of hydrogen-bond donors (Lipinski definition) is 1. The second-order valence-corrected chi connectivity index (χ2v) is 6.87. The minimum atomic E-state index is -3.64. The van der Waals surface area contributed by atoms with E-state index in [0.29, 0.717) is 12.1 Å². The molecule has 1 aromatic carbocycles. The Hall–Kier alpha value is -0.980.